The fourth-order valence-electron chi connectivity index (χ4n) is 3.98. The first-order valence-electron chi connectivity index (χ1n) is 9.83. The van der Waals surface area contributed by atoms with E-state index in [2.05, 4.69) is 26.9 Å². The number of nitrogens with zero attached hydrogens (tertiary/aromatic N) is 4. The van der Waals surface area contributed by atoms with Gasteiger partial charge in [-0.1, -0.05) is 12.1 Å². The Morgan fingerprint density at radius 1 is 1.14 bits per heavy atom. The van der Waals surface area contributed by atoms with Gasteiger partial charge in [0.05, 0.1) is 11.5 Å². The van der Waals surface area contributed by atoms with Crippen molar-refractivity contribution < 1.29 is 13.2 Å². The molecule has 152 valence electrons. The van der Waals surface area contributed by atoms with Crippen LogP contribution in [0.3, 0.4) is 0 Å². The van der Waals surface area contributed by atoms with E-state index in [1.165, 1.54) is 5.56 Å². The van der Waals surface area contributed by atoms with Crippen molar-refractivity contribution in [2.24, 2.45) is 7.05 Å². The Kier molecular flexibility index (Phi) is 5.70. The summed E-state index contributed by atoms with van der Waals surface area (Å²) < 4.78 is 31.2. The van der Waals surface area contributed by atoms with Gasteiger partial charge in [-0.15, -0.1) is 0 Å². The number of aromatic nitrogens is 2. The molecule has 28 heavy (non-hydrogen) atoms. The molecule has 3 heterocycles. The van der Waals surface area contributed by atoms with Crippen molar-refractivity contribution >= 4 is 9.84 Å². The molecule has 0 N–H and O–H groups in total. The summed E-state index contributed by atoms with van der Waals surface area (Å²) in [4.78, 5) is 9.05. The van der Waals surface area contributed by atoms with Crippen LogP contribution in [0.2, 0.25) is 0 Å². The van der Waals surface area contributed by atoms with Crippen molar-refractivity contribution in [3.8, 4) is 5.75 Å². The van der Waals surface area contributed by atoms with Crippen LogP contribution in [-0.2, 0) is 30.0 Å². The van der Waals surface area contributed by atoms with Crippen LogP contribution < -0.4 is 4.74 Å². The molecule has 1 aromatic heterocycles. The van der Waals surface area contributed by atoms with E-state index in [0.29, 0.717) is 18.1 Å². The van der Waals surface area contributed by atoms with E-state index in [1.54, 1.807) is 6.20 Å². The van der Waals surface area contributed by atoms with Crippen molar-refractivity contribution in [2.45, 2.75) is 25.6 Å². The first-order chi connectivity index (χ1) is 13.5. The van der Waals surface area contributed by atoms with E-state index in [0.717, 1.165) is 50.7 Å². The van der Waals surface area contributed by atoms with E-state index >= 15 is 0 Å². The van der Waals surface area contributed by atoms with Crippen LogP contribution in [0.4, 0.5) is 0 Å². The molecule has 2 aliphatic rings. The van der Waals surface area contributed by atoms with E-state index in [1.807, 2.05) is 29.9 Å². The zero-order valence-corrected chi connectivity index (χ0v) is 17.1. The van der Waals surface area contributed by atoms with E-state index in [9.17, 15) is 8.42 Å². The highest BCUT2D eigenvalue weighted by Gasteiger charge is 2.33. The monoisotopic (exact) mass is 404 g/mol. The average molecular weight is 405 g/mol. The third-order valence-corrected chi connectivity index (χ3v) is 7.50. The van der Waals surface area contributed by atoms with Gasteiger partial charge in [-0.25, -0.2) is 13.4 Å². The van der Waals surface area contributed by atoms with Crippen LogP contribution in [0.1, 0.15) is 17.8 Å². The molecule has 0 aliphatic carbocycles. The maximum atomic E-state index is 11.7. The van der Waals surface area contributed by atoms with E-state index in [-0.39, 0.29) is 6.04 Å². The van der Waals surface area contributed by atoms with Gasteiger partial charge in [0.25, 0.3) is 0 Å². The Bertz CT molecular complexity index is 886. The van der Waals surface area contributed by atoms with Gasteiger partial charge < -0.3 is 9.30 Å². The number of rotatable bonds is 6. The lowest BCUT2D eigenvalue weighted by molar-refractivity contribution is 0.100. The number of hydrogen-bond donors (Lipinski definition) is 0. The Hall–Kier alpha value is -1.90. The van der Waals surface area contributed by atoms with Crippen molar-refractivity contribution in [2.75, 3.05) is 37.7 Å². The molecule has 1 unspecified atom stereocenters. The number of aryl methyl sites for hydroxylation is 1. The molecular formula is C20H28N4O3S. The molecule has 7 nitrogen and oxygen atoms in total. The summed E-state index contributed by atoms with van der Waals surface area (Å²) in [6.07, 6.45) is 4.47. The van der Waals surface area contributed by atoms with Gasteiger partial charge in [-0.05, 0) is 24.1 Å². The first kappa shape index (κ1) is 19.4. The summed E-state index contributed by atoms with van der Waals surface area (Å²) in [5, 5.41) is 0. The van der Waals surface area contributed by atoms with Crippen LogP contribution >= 0.6 is 0 Å². The van der Waals surface area contributed by atoms with Crippen molar-refractivity contribution in [3.63, 3.8) is 0 Å². The smallest absolute Gasteiger partial charge is 0.151 e. The third kappa shape index (κ3) is 4.74. The molecule has 2 fully saturated rings. The number of hydrogen-bond acceptors (Lipinski definition) is 6. The maximum absolute atomic E-state index is 11.7. The second-order valence-electron chi connectivity index (χ2n) is 7.76. The van der Waals surface area contributed by atoms with Gasteiger partial charge in [0, 0.05) is 58.2 Å². The van der Waals surface area contributed by atoms with Gasteiger partial charge >= 0.3 is 0 Å². The summed E-state index contributed by atoms with van der Waals surface area (Å²) in [7, 11) is -0.847. The molecule has 2 saturated heterocycles. The molecule has 2 aromatic rings. The van der Waals surface area contributed by atoms with Crippen LogP contribution in [0.25, 0.3) is 0 Å². The van der Waals surface area contributed by atoms with Gasteiger partial charge in [-0.2, -0.15) is 0 Å². The number of ether oxygens (including phenoxy) is 1. The minimum Gasteiger partial charge on any atom is -0.486 e. The molecule has 8 heteroatoms. The number of benzene rings is 1. The highest BCUT2D eigenvalue weighted by molar-refractivity contribution is 7.91. The number of imidazole rings is 1. The quantitative estimate of drug-likeness (QED) is 0.723. The van der Waals surface area contributed by atoms with Crippen LogP contribution in [0.5, 0.6) is 5.75 Å². The predicted molar refractivity (Wildman–Crippen MR) is 108 cm³/mol. The van der Waals surface area contributed by atoms with Crippen LogP contribution in [0, 0.1) is 0 Å². The van der Waals surface area contributed by atoms with Gasteiger partial charge in [0.2, 0.25) is 0 Å². The second-order valence-corrected chi connectivity index (χ2v) is 9.98. The summed E-state index contributed by atoms with van der Waals surface area (Å²) in [5.74, 6) is 2.44. The normalized spacial score (nSPS) is 23.1. The molecule has 2 aliphatic heterocycles. The number of piperazine rings is 1. The Morgan fingerprint density at radius 3 is 2.50 bits per heavy atom. The molecule has 4 rings (SSSR count). The standard InChI is InChI=1S/C20H28N4O3S/c1-22-8-7-21-20(22)15-27-19-4-2-17(3-5-19)14-23-9-11-24(12-10-23)18-6-13-28(25,26)16-18/h2-5,7-8,18H,6,9-16H2,1H3. The third-order valence-electron chi connectivity index (χ3n) is 5.75. The maximum Gasteiger partial charge on any atom is 0.151 e. The molecule has 0 saturated carbocycles. The Balaban J connectivity index is 1.23. The molecule has 0 radical (unpaired) electrons. The van der Waals surface area contributed by atoms with Gasteiger partial charge in [-0.3, -0.25) is 9.80 Å². The van der Waals surface area contributed by atoms with Crippen molar-refractivity contribution in [1.29, 1.82) is 0 Å². The Morgan fingerprint density at radius 2 is 1.89 bits per heavy atom. The Labute approximate surface area is 166 Å². The van der Waals surface area contributed by atoms with Gasteiger partial charge in [0.1, 0.15) is 18.2 Å². The van der Waals surface area contributed by atoms with E-state index in [4.69, 9.17) is 4.74 Å². The summed E-state index contributed by atoms with van der Waals surface area (Å²) >= 11 is 0. The van der Waals surface area contributed by atoms with Crippen LogP contribution in [0.15, 0.2) is 36.7 Å². The summed E-state index contributed by atoms with van der Waals surface area (Å²) in [6.45, 7) is 5.23. The van der Waals surface area contributed by atoms with Crippen molar-refractivity contribution in [3.05, 3.63) is 48.0 Å². The summed E-state index contributed by atoms with van der Waals surface area (Å²) in [5.41, 5.74) is 1.27. The minimum absolute atomic E-state index is 0.224. The molecule has 0 amide bonds. The van der Waals surface area contributed by atoms with E-state index < -0.39 is 9.84 Å². The lowest BCUT2D eigenvalue weighted by Crippen LogP contribution is -2.50. The molecule has 1 aromatic carbocycles. The molecular weight excluding hydrogens is 376 g/mol. The minimum atomic E-state index is -2.81. The lowest BCUT2D eigenvalue weighted by Gasteiger charge is -2.37. The second kappa shape index (κ2) is 8.23. The topological polar surface area (TPSA) is 67.7 Å². The fourth-order valence-corrected chi connectivity index (χ4v) is 5.74. The molecule has 1 atom stereocenters. The van der Waals surface area contributed by atoms with Crippen molar-refractivity contribution in [1.82, 2.24) is 19.4 Å². The zero-order chi connectivity index (χ0) is 19.6. The highest BCUT2D eigenvalue weighted by Crippen LogP contribution is 2.20. The largest absolute Gasteiger partial charge is 0.486 e. The van der Waals surface area contributed by atoms with Crippen LogP contribution in [-0.4, -0.2) is 71.5 Å². The SMILES string of the molecule is Cn1ccnc1COc1ccc(CN2CCN(C3CCS(=O)(=O)C3)CC2)cc1. The summed E-state index contributed by atoms with van der Waals surface area (Å²) in [6, 6.07) is 8.48. The van der Waals surface area contributed by atoms with Gasteiger partial charge in [0.15, 0.2) is 9.84 Å². The lowest BCUT2D eigenvalue weighted by atomic mass is 10.1. The average Bonchev–Trinajstić information content (AvgIpc) is 3.26. The first-order valence-corrected chi connectivity index (χ1v) is 11.7. The predicted octanol–water partition coefficient (Wildman–Crippen LogP) is 1.30. The zero-order valence-electron chi connectivity index (χ0n) is 16.3. The molecule has 0 spiro atoms. The number of sulfone groups is 1. The fraction of sp³-hybridized carbons (Fsp3) is 0.550. The molecule has 0 bridgehead atoms. The highest BCUT2D eigenvalue weighted by atomic mass is 32.2.